The number of hydrogen-bond donors (Lipinski definition) is 1. The van der Waals surface area contributed by atoms with Crippen LogP contribution < -0.4 is 9.47 Å². The summed E-state index contributed by atoms with van der Waals surface area (Å²) >= 11 is 6.15. The maximum Gasteiger partial charge on any atom is 0.342 e. The van der Waals surface area contributed by atoms with Crippen LogP contribution in [-0.2, 0) is 21.7 Å². The highest BCUT2D eigenvalue weighted by Gasteiger charge is 2.48. The van der Waals surface area contributed by atoms with Gasteiger partial charge in [0.2, 0.25) is 6.79 Å². The number of aliphatic hydroxyl groups is 1. The zero-order valence-corrected chi connectivity index (χ0v) is 16.6. The van der Waals surface area contributed by atoms with Crippen LogP contribution in [-0.4, -0.2) is 17.9 Å². The Kier molecular flexibility index (Phi) is 4.50. The highest BCUT2D eigenvalue weighted by Crippen LogP contribution is 2.46. The number of esters is 1. The minimum Gasteiger partial charge on any atom is -0.454 e. The lowest BCUT2D eigenvalue weighted by Crippen LogP contribution is -2.29. The van der Waals surface area contributed by atoms with Crippen molar-refractivity contribution in [2.75, 3.05) is 6.79 Å². The molecule has 2 aliphatic heterocycles. The Morgan fingerprint density at radius 3 is 2.53 bits per heavy atom. The molecular formula is C24H17ClO5. The lowest BCUT2D eigenvalue weighted by Gasteiger charge is -2.26. The van der Waals surface area contributed by atoms with Gasteiger partial charge in [0.1, 0.15) is 0 Å². The molecule has 1 unspecified atom stereocenters. The largest absolute Gasteiger partial charge is 0.454 e. The smallest absolute Gasteiger partial charge is 0.342 e. The second-order valence-electron chi connectivity index (χ2n) is 7.13. The fourth-order valence-electron chi connectivity index (χ4n) is 3.82. The maximum atomic E-state index is 13.0. The molecule has 0 fully saturated rings. The number of carbonyl (C=O) groups is 1. The van der Waals surface area contributed by atoms with Crippen molar-refractivity contribution in [3.8, 4) is 11.5 Å². The number of ether oxygens (including phenoxy) is 3. The number of cyclic esters (lactones) is 1. The van der Waals surface area contributed by atoms with Gasteiger partial charge < -0.3 is 19.3 Å². The van der Waals surface area contributed by atoms with Gasteiger partial charge in [0.25, 0.3) is 5.79 Å². The van der Waals surface area contributed by atoms with Gasteiger partial charge in [-0.1, -0.05) is 60.1 Å². The van der Waals surface area contributed by atoms with E-state index < -0.39 is 11.8 Å². The van der Waals surface area contributed by atoms with E-state index in [0.717, 1.165) is 5.56 Å². The highest BCUT2D eigenvalue weighted by atomic mass is 35.5. The molecule has 3 aromatic carbocycles. The van der Waals surface area contributed by atoms with E-state index in [1.165, 1.54) is 0 Å². The molecule has 0 aromatic heterocycles. The molecule has 1 atom stereocenters. The van der Waals surface area contributed by atoms with Gasteiger partial charge in [-0.05, 0) is 35.4 Å². The lowest BCUT2D eigenvalue weighted by molar-refractivity contribution is -0.185. The van der Waals surface area contributed by atoms with E-state index in [-0.39, 0.29) is 6.79 Å². The minimum atomic E-state index is -1.93. The van der Waals surface area contributed by atoms with Crippen molar-refractivity contribution in [3.05, 3.63) is 100 Å². The van der Waals surface area contributed by atoms with E-state index in [0.29, 0.717) is 45.2 Å². The Morgan fingerprint density at radius 2 is 1.73 bits per heavy atom. The van der Waals surface area contributed by atoms with Crippen molar-refractivity contribution >= 4 is 23.1 Å². The Morgan fingerprint density at radius 1 is 0.933 bits per heavy atom. The van der Waals surface area contributed by atoms with Gasteiger partial charge in [-0.25, -0.2) is 4.79 Å². The molecule has 0 saturated heterocycles. The molecule has 1 N–H and O–H groups in total. The molecule has 150 valence electrons. The number of hydrogen-bond acceptors (Lipinski definition) is 5. The van der Waals surface area contributed by atoms with Crippen molar-refractivity contribution < 1.29 is 24.1 Å². The Labute approximate surface area is 178 Å². The summed E-state index contributed by atoms with van der Waals surface area (Å²) in [7, 11) is 0. The Balaban J connectivity index is 1.70. The maximum absolute atomic E-state index is 13.0. The zero-order valence-electron chi connectivity index (χ0n) is 15.8. The fraction of sp³-hybridized carbons (Fsp3) is 0.125. The van der Waals surface area contributed by atoms with Crippen LogP contribution in [0.5, 0.6) is 11.5 Å². The summed E-state index contributed by atoms with van der Waals surface area (Å²) in [5, 5.41) is 12.0. The van der Waals surface area contributed by atoms with Crippen molar-refractivity contribution in [2.45, 2.75) is 12.2 Å². The molecule has 5 rings (SSSR count). The summed E-state index contributed by atoms with van der Waals surface area (Å²) in [6.45, 7) is 0.131. The molecule has 5 nitrogen and oxygen atoms in total. The third-order valence-corrected chi connectivity index (χ3v) is 5.49. The first-order valence-corrected chi connectivity index (χ1v) is 9.82. The Hall–Kier alpha value is -3.28. The van der Waals surface area contributed by atoms with Crippen LogP contribution >= 0.6 is 11.6 Å². The van der Waals surface area contributed by atoms with Gasteiger partial charge in [-0.3, -0.25) is 0 Å². The van der Waals surface area contributed by atoms with Crippen LogP contribution in [0.4, 0.5) is 0 Å². The molecule has 0 saturated carbocycles. The predicted molar refractivity (Wildman–Crippen MR) is 111 cm³/mol. The average Bonchev–Trinajstić information content (AvgIpc) is 3.31. The van der Waals surface area contributed by atoms with E-state index in [2.05, 4.69) is 0 Å². The van der Waals surface area contributed by atoms with Crippen LogP contribution in [0.25, 0.3) is 5.57 Å². The first-order valence-electron chi connectivity index (χ1n) is 9.44. The normalized spacial score (nSPS) is 19.9. The van der Waals surface area contributed by atoms with Crippen LogP contribution in [0.1, 0.15) is 16.7 Å². The van der Waals surface area contributed by atoms with Gasteiger partial charge in [0.05, 0.1) is 5.57 Å². The summed E-state index contributed by atoms with van der Waals surface area (Å²) in [4.78, 5) is 13.0. The second-order valence-corrected chi connectivity index (χ2v) is 7.56. The monoisotopic (exact) mass is 420 g/mol. The van der Waals surface area contributed by atoms with Gasteiger partial charge in [0, 0.05) is 22.6 Å². The number of rotatable bonds is 4. The summed E-state index contributed by atoms with van der Waals surface area (Å²) in [6, 6.07) is 21.5. The molecule has 0 spiro atoms. The molecule has 2 heterocycles. The van der Waals surface area contributed by atoms with Crippen LogP contribution in [0.15, 0.2) is 78.4 Å². The van der Waals surface area contributed by atoms with E-state index in [4.69, 9.17) is 25.8 Å². The third kappa shape index (κ3) is 3.12. The first kappa shape index (κ1) is 18.7. The quantitative estimate of drug-likeness (QED) is 0.631. The van der Waals surface area contributed by atoms with Crippen molar-refractivity contribution in [3.63, 3.8) is 0 Å². The lowest BCUT2D eigenvalue weighted by atomic mass is 9.88. The summed E-state index contributed by atoms with van der Waals surface area (Å²) < 4.78 is 16.4. The minimum absolute atomic E-state index is 0.131. The van der Waals surface area contributed by atoms with E-state index in [1.807, 2.05) is 30.3 Å². The van der Waals surface area contributed by atoms with Crippen molar-refractivity contribution in [1.82, 2.24) is 0 Å². The van der Waals surface area contributed by atoms with Crippen molar-refractivity contribution in [2.24, 2.45) is 0 Å². The number of benzene rings is 3. The average molecular weight is 421 g/mol. The van der Waals surface area contributed by atoms with E-state index in [1.54, 1.807) is 42.5 Å². The van der Waals surface area contributed by atoms with Gasteiger partial charge in [-0.15, -0.1) is 0 Å². The summed E-state index contributed by atoms with van der Waals surface area (Å²) in [5.41, 5.74) is 2.67. The molecule has 2 aliphatic rings. The van der Waals surface area contributed by atoms with Crippen LogP contribution in [0.2, 0.25) is 5.02 Å². The Bertz CT molecular complexity index is 1170. The van der Waals surface area contributed by atoms with Gasteiger partial charge >= 0.3 is 5.97 Å². The molecule has 30 heavy (non-hydrogen) atoms. The fourth-order valence-corrected chi connectivity index (χ4v) is 4.01. The van der Waals surface area contributed by atoms with E-state index >= 15 is 0 Å². The number of fused-ring (bicyclic) bond motifs is 1. The molecule has 3 aromatic rings. The van der Waals surface area contributed by atoms with Gasteiger partial charge in [-0.2, -0.15) is 0 Å². The molecular weight excluding hydrogens is 404 g/mol. The first-order chi connectivity index (χ1) is 14.5. The van der Waals surface area contributed by atoms with Crippen molar-refractivity contribution in [1.29, 1.82) is 0 Å². The molecule has 6 heteroatoms. The number of halogens is 1. The van der Waals surface area contributed by atoms with Crippen LogP contribution in [0.3, 0.4) is 0 Å². The molecule has 0 aliphatic carbocycles. The zero-order chi connectivity index (χ0) is 20.7. The SMILES string of the molecule is O=C1OC(O)(c2cccc(Cl)c2)C(Cc2ccccc2)=C1c1ccc2c(c1)OCO2. The molecule has 0 amide bonds. The predicted octanol–water partition coefficient (Wildman–Crippen LogP) is 4.47. The number of carbonyl (C=O) groups excluding carboxylic acids is 1. The second kappa shape index (κ2) is 7.20. The molecule has 0 radical (unpaired) electrons. The third-order valence-electron chi connectivity index (χ3n) is 5.26. The topological polar surface area (TPSA) is 65.0 Å². The standard InChI is InChI=1S/C24H17ClO5/c25-18-8-4-7-17(13-18)24(27)19(11-15-5-2-1-3-6-15)22(23(26)30-24)16-9-10-20-21(12-16)29-14-28-20/h1-10,12-13,27H,11,14H2. The van der Waals surface area contributed by atoms with Gasteiger partial charge in [0.15, 0.2) is 11.5 Å². The highest BCUT2D eigenvalue weighted by molar-refractivity contribution is 6.30. The molecule has 0 bridgehead atoms. The van der Waals surface area contributed by atoms with E-state index in [9.17, 15) is 9.90 Å². The van der Waals surface area contributed by atoms with Crippen LogP contribution in [0, 0.1) is 0 Å². The summed E-state index contributed by atoms with van der Waals surface area (Å²) in [6.07, 6.45) is 0.319. The summed E-state index contributed by atoms with van der Waals surface area (Å²) in [5.74, 6) is -1.38.